The van der Waals surface area contributed by atoms with Crippen LogP contribution in [0.5, 0.6) is 0 Å². The number of hydrogen-bond acceptors (Lipinski definition) is 10. The van der Waals surface area contributed by atoms with Crippen LogP contribution in [0.4, 0.5) is 18.9 Å². The van der Waals surface area contributed by atoms with Gasteiger partial charge in [0.05, 0.1) is 45.9 Å². The lowest BCUT2D eigenvalue weighted by atomic mass is 9.91. The number of thiophene rings is 2. The van der Waals surface area contributed by atoms with Crippen molar-refractivity contribution in [2.45, 2.75) is 78.7 Å². The van der Waals surface area contributed by atoms with Gasteiger partial charge in [0.1, 0.15) is 23.0 Å². The molecule has 0 unspecified atom stereocenters. The summed E-state index contributed by atoms with van der Waals surface area (Å²) >= 11 is 2.71. The summed E-state index contributed by atoms with van der Waals surface area (Å²) in [6, 6.07) is 18.8. The van der Waals surface area contributed by atoms with Crippen LogP contribution in [0, 0.1) is 36.5 Å². The molecule has 13 rings (SSSR count). The van der Waals surface area contributed by atoms with Crippen LogP contribution in [0.25, 0.3) is 77.9 Å². The number of nitrogens with zero attached hydrogens (tertiary/aromatic N) is 5. The van der Waals surface area contributed by atoms with Gasteiger partial charge in [-0.2, -0.15) is 14.6 Å². The zero-order valence-corrected chi connectivity index (χ0v) is 46.1. The molecular formula is C63H56F3N11OS2. The van der Waals surface area contributed by atoms with Crippen molar-refractivity contribution in [3.8, 4) is 44.9 Å². The number of allylic oxidation sites excluding steroid dienone is 6. The number of H-pyrrole nitrogens is 3. The number of rotatable bonds is 13. The number of aromatic amines is 3. The smallest absolute Gasteiger partial charge is 0.224 e. The number of fused-ring (bicyclic) bond motifs is 3. The number of halogens is 3. The molecule has 1 fully saturated rings. The number of aliphatic imine (C=N–C) groups is 1. The van der Waals surface area contributed by atoms with Crippen molar-refractivity contribution >= 4 is 73.1 Å². The maximum Gasteiger partial charge on any atom is 0.224 e. The zero-order chi connectivity index (χ0) is 54.8. The molecule has 0 radical (unpaired) electrons. The number of carbonyl (C=O) groups is 1. The highest BCUT2D eigenvalue weighted by Gasteiger charge is 2.31. The summed E-state index contributed by atoms with van der Waals surface area (Å²) in [5, 5.41) is 26.3. The van der Waals surface area contributed by atoms with E-state index in [1.165, 1.54) is 37.9 Å². The van der Waals surface area contributed by atoms with E-state index in [1.807, 2.05) is 36.4 Å². The Kier molecular flexibility index (Phi) is 13.5. The zero-order valence-electron chi connectivity index (χ0n) is 44.5. The topological polar surface area (TPSA) is 164 Å². The van der Waals surface area contributed by atoms with E-state index in [0.717, 1.165) is 88.4 Å². The van der Waals surface area contributed by atoms with E-state index in [0.29, 0.717) is 92.8 Å². The first-order valence-electron chi connectivity index (χ1n) is 27.2. The van der Waals surface area contributed by atoms with E-state index >= 15 is 8.78 Å². The van der Waals surface area contributed by atoms with Crippen LogP contribution in [0.1, 0.15) is 101 Å². The molecule has 4 aliphatic rings. The summed E-state index contributed by atoms with van der Waals surface area (Å²) in [6.07, 6.45) is 21.2. The van der Waals surface area contributed by atoms with E-state index in [9.17, 15) is 9.18 Å². The Bertz CT molecular complexity index is 4170. The molecule has 6 N–H and O–H groups in total. The molecule has 7 heterocycles. The first-order valence-corrected chi connectivity index (χ1v) is 28.8. The minimum absolute atomic E-state index is 0.119. The number of amidine groups is 1. The summed E-state index contributed by atoms with van der Waals surface area (Å²) in [5.41, 5.74) is 12.8. The molecule has 17 heteroatoms. The third-order valence-corrected chi connectivity index (χ3v) is 17.6. The van der Waals surface area contributed by atoms with Crippen LogP contribution < -0.4 is 16.0 Å². The lowest BCUT2D eigenvalue weighted by Crippen LogP contribution is -2.30. The fraction of sp³-hybridized carbons (Fsp3) is 0.238. The van der Waals surface area contributed by atoms with Crippen LogP contribution in [-0.2, 0) is 11.3 Å². The largest absolute Gasteiger partial charge is 0.342 e. The van der Waals surface area contributed by atoms with E-state index < -0.39 is 11.6 Å². The maximum atomic E-state index is 18.2. The molecule has 0 bridgehead atoms. The average Bonchev–Trinajstić information content (AvgIpc) is 4.51. The van der Waals surface area contributed by atoms with Crippen LogP contribution >= 0.6 is 22.7 Å². The lowest BCUT2D eigenvalue weighted by Gasteiger charge is -2.22. The van der Waals surface area contributed by atoms with Gasteiger partial charge in [-0.3, -0.25) is 25.0 Å². The van der Waals surface area contributed by atoms with Crippen LogP contribution in [0.2, 0.25) is 0 Å². The number of carbonyl (C=O) groups excluding carboxylic acids is 1. The number of pyridine rings is 1. The summed E-state index contributed by atoms with van der Waals surface area (Å²) in [5.74, 6) is 0.266. The summed E-state index contributed by atoms with van der Waals surface area (Å²) in [7, 11) is 0. The van der Waals surface area contributed by atoms with Crippen LogP contribution in [-0.4, -0.2) is 60.2 Å². The van der Waals surface area contributed by atoms with Gasteiger partial charge in [-0.1, -0.05) is 80.8 Å². The van der Waals surface area contributed by atoms with Crippen molar-refractivity contribution in [3.63, 3.8) is 0 Å². The summed E-state index contributed by atoms with van der Waals surface area (Å²) in [6.45, 7) is 9.87. The van der Waals surface area contributed by atoms with Gasteiger partial charge in [0, 0.05) is 96.5 Å². The molecule has 1 atom stereocenters. The van der Waals surface area contributed by atoms with Gasteiger partial charge in [0.25, 0.3) is 0 Å². The number of nitrogens with one attached hydrogen (secondary N) is 6. The van der Waals surface area contributed by atoms with Gasteiger partial charge < -0.3 is 20.9 Å². The fourth-order valence-electron chi connectivity index (χ4n) is 11.7. The van der Waals surface area contributed by atoms with Gasteiger partial charge in [0.2, 0.25) is 5.91 Å². The van der Waals surface area contributed by atoms with Crippen molar-refractivity contribution in [1.29, 1.82) is 0 Å². The van der Waals surface area contributed by atoms with E-state index in [1.54, 1.807) is 48.7 Å². The van der Waals surface area contributed by atoms with Gasteiger partial charge >= 0.3 is 0 Å². The molecular weight excluding hydrogens is 1050 g/mol. The first kappa shape index (κ1) is 51.2. The Morgan fingerprint density at radius 1 is 0.812 bits per heavy atom. The second-order valence-electron chi connectivity index (χ2n) is 21.1. The van der Waals surface area contributed by atoms with E-state index in [-0.39, 0.29) is 28.9 Å². The predicted molar refractivity (Wildman–Crippen MR) is 316 cm³/mol. The Morgan fingerprint density at radius 3 is 2.49 bits per heavy atom. The molecule has 0 saturated heterocycles. The molecule has 1 aliphatic heterocycles. The molecule has 6 aromatic heterocycles. The van der Waals surface area contributed by atoms with Gasteiger partial charge in [-0.05, 0) is 104 Å². The quantitative estimate of drug-likeness (QED) is 0.0669. The lowest BCUT2D eigenvalue weighted by molar-refractivity contribution is -0.115. The number of benzene rings is 3. The van der Waals surface area contributed by atoms with Gasteiger partial charge in [-0.25, -0.2) is 13.8 Å². The molecule has 9 aromatic rings. The first-order chi connectivity index (χ1) is 39.0. The van der Waals surface area contributed by atoms with Crippen molar-refractivity contribution in [3.05, 3.63) is 180 Å². The van der Waals surface area contributed by atoms with Crippen molar-refractivity contribution in [1.82, 2.24) is 46.0 Å². The van der Waals surface area contributed by atoms with Gasteiger partial charge in [-0.15, -0.1) is 22.7 Å². The second-order valence-corrected chi connectivity index (χ2v) is 23.4. The highest BCUT2D eigenvalue weighted by molar-refractivity contribution is 7.13. The third kappa shape index (κ3) is 9.45. The van der Waals surface area contributed by atoms with Gasteiger partial charge in [0.15, 0.2) is 16.8 Å². The Morgan fingerprint density at radius 2 is 1.65 bits per heavy atom. The summed E-state index contributed by atoms with van der Waals surface area (Å²) < 4.78 is 49.7. The highest BCUT2D eigenvalue weighted by atomic mass is 32.1. The Labute approximate surface area is 467 Å². The molecule has 12 nitrogen and oxygen atoms in total. The molecule has 1 amide bonds. The fourth-order valence-corrected chi connectivity index (χ4v) is 13.6. The Balaban J connectivity index is 0.926. The minimum Gasteiger partial charge on any atom is -0.342 e. The van der Waals surface area contributed by atoms with E-state index in [4.69, 9.17) is 15.1 Å². The number of hydrogen-bond donors (Lipinski definition) is 6. The molecule has 80 heavy (non-hydrogen) atoms. The van der Waals surface area contributed by atoms with Crippen molar-refractivity contribution < 1.29 is 18.0 Å². The number of aromatic nitrogens is 7. The standard InChI is InChI=1S/C63H56F3N11OS2/c1-5-51(78)70-39-25-38(29-68-30-39)40-17-18-48-52(54(40)65)59(76-74-48)63-72-56-33(3)11-10-15-42(58(56)73-63)61-45(23-34(4)79-61)44-26-43(37-22-32(2)21-36(24-37)28-67-27-35-12-6-7-13-35)55(66)53-57(44)75-77-60(53)62-69-31-46-41(49-19-20-50(64)80-49)14-8-9-16-47(46)71-62/h8-11,14-15,17-26,29-30,33,35,67H,5-7,12-13,16,27-28,31H2,1-4H3,(H,69,71)(H,70,78)(H,72,73)(H,74,76)(H,75,77)/t33-/m1/s1. The van der Waals surface area contributed by atoms with E-state index in [2.05, 4.69) is 92.3 Å². The van der Waals surface area contributed by atoms with Crippen molar-refractivity contribution in [2.24, 2.45) is 10.9 Å². The third-order valence-electron chi connectivity index (χ3n) is 15.6. The molecule has 402 valence electrons. The normalized spacial score (nSPS) is 16.4. The molecule has 3 aromatic carbocycles. The maximum absolute atomic E-state index is 18.2. The number of amides is 1. The molecule has 3 aliphatic carbocycles. The number of aryl methyl sites for hydroxylation is 2. The summed E-state index contributed by atoms with van der Waals surface area (Å²) in [4.78, 5) is 33.2. The monoisotopic (exact) mass is 1100 g/mol. The SMILES string of the molecule is CCC(=O)Nc1cncc(-c2ccc3[nH]nc(-c4nc5c([nH]4)[C@H](C)C=CC=C5c4sc(C)cc4-c4cc(-c5cc(C)cc(CNCC6CCCC6)c5)c(F)c5c(C6=NCC7=C(CC=CC=C7c7ccc(F)s7)N6)n[nH]c45)c3c2F)c1. The minimum atomic E-state index is -0.510. The number of anilines is 1. The molecule has 1 saturated carbocycles. The highest BCUT2D eigenvalue weighted by Crippen LogP contribution is 2.47. The predicted octanol–water partition coefficient (Wildman–Crippen LogP) is 14.8. The van der Waals surface area contributed by atoms with Crippen LogP contribution in [0.3, 0.4) is 0 Å². The van der Waals surface area contributed by atoms with Crippen LogP contribution in [0.15, 0.2) is 126 Å². The average molecular weight is 1100 g/mol. The number of imidazole rings is 1. The second kappa shape index (κ2) is 21.1. The van der Waals surface area contributed by atoms with Crippen molar-refractivity contribution in [2.75, 3.05) is 18.4 Å². The Hall–Kier alpha value is -8.25. The molecule has 0 spiro atoms.